The van der Waals surface area contributed by atoms with E-state index < -0.39 is 11.7 Å². The maximum absolute atomic E-state index is 13.5. The van der Waals surface area contributed by atoms with E-state index in [0.29, 0.717) is 13.1 Å². The zero-order valence-corrected chi connectivity index (χ0v) is 14.3. The number of anilines is 1. The van der Waals surface area contributed by atoms with E-state index in [9.17, 15) is 13.2 Å². The first-order valence-corrected chi connectivity index (χ1v) is 8.53. The van der Waals surface area contributed by atoms with Crippen LogP contribution in [0.15, 0.2) is 53.1 Å². The van der Waals surface area contributed by atoms with Crippen LogP contribution < -0.4 is 10.6 Å². The van der Waals surface area contributed by atoms with E-state index in [-0.39, 0.29) is 23.3 Å². The first kappa shape index (κ1) is 17.5. The minimum atomic E-state index is -4.55. The monoisotopic (exact) mass is 374 g/mol. The van der Waals surface area contributed by atoms with Crippen LogP contribution in [0, 0.1) is 0 Å². The van der Waals surface area contributed by atoms with Crippen LogP contribution in [0.2, 0.25) is 0 Å². The minimum absolute atomic E-state index is 0.00698. The van der Waals surface area contributed by atoms with E-state index in [2.05, 4.69) is 20.8 Å². The molecule has 1 aliphatic heterocycles. The molecule has 0 aliphatic carbocycles. The summed E-state index contributed by atoms with van der Waals surface area (Å²) in [4.78, 5) is 0. The molecule has 1 aliphatic rings. The fraction of sp³-hybridized carbons (Fsp3) is 0.263. The number of aromatic nitrogens is 2. The highest BCUT2D eigenvalue weighted by Crippen LogP contribution is 2.35. The van der Waals surface area contributed by atoms with E-state index in [4.69, 9.17) is 4.42 Å². The van der Waals surface area contributed by atoms with Gasteiger partial charge in [0.2, 0.25) is 0 Å². The number of furan rings is 1. The molecule has 0 radical (unpaired) electrons. The van der Waals surface area contributed by atoms with Gasteiger partial charge in [-0.1, -0.05) is 24.3 Å². The molecule has 0 bridgehead atoms. The molecule has 2 aromatic heterocycles. The Bertz CT molecular complexity index is 925. The van der Waals surface area contributed by atoms with Gasteiger partial charge in [-0.2, -0.15) is 13.2 Å². The van der Waals surface area contributed by atoms with Crippen LogP contribution >= 0.6 is 0 Å². The molecule has 0 saturated carbocycles. The molecule has 0 fully saturated rings. The highest BCUT2D eigenvalue weighted by Gasteiger charge is 2.36. The standard InChI is InChI=1S/C19H17F3N4O/c20-19(21,22)15-9-16(17-6-3-7-27-17)25-26-18(15)24-11-14-8-12-4-1-2-5-13(12)10-23-14/h1-7,9,14,23H,8,10-11H2,(H,24,26). The van der Waals surface area contributed by atoms with Gasteiger partial charge in [-0.05, 0) is 35.7 Å². The van der Waals surface area contributed by atoms with Crippen LogP contribution in [0.4, 0.5) is 19.0 Å². The number of halogens is 3. The Morgan fingerprint density at radius 1 is 1.11 bits per heavy atom. The van der Waals surface area contributed by atoms with E-state index in [1.54, 1.807) is 12.1 Å². The van der Waals surface area contributed by atoms with Crippen molar-refractivity contribution in [2.75, 3.05) is 11.9 Å². The van der Waals surface area contributed by atoms with Crippen molar-refractivity contribution < 1.29 is 17.6 Å². The van der Waals surface area contributed by atoms with Crippen molar-refractivity contribution in [3.05, 3.63) is 65.4 Å². The molecule has 0 saturated heterocycles. The zero-order chi connectivity index (χ0) is 18.9. The van der Waals surface area contributed by atoms with E-state index in [1.807, 2.05) is 24.3 Å². The molecule has 8 heteroatoms. The normalized spacial score (nSPS) is 16.8. The third kappa shape index (κ3) is 3.80. The fourth-order valence-electron chi connectivity index (χ4n) is 3.17. The van der Waals surface area contributed by atoms with Gasteiger partial charge in [-0.25, -0.2) is 0 Å². The summed E-state index contributed by atoms with van der Waals surface area (Å²) >= 11 is 0. The number of benzene rings is 1. The number of hydrogen-bond donors (Lipinski definition) is 2. The molecule has 5 nitrogen and oxygen atoms in total. The minimum Gasteiger partial charge on any atom is -0.463 e. The topological polar surface area (TPSA) is 63.0 Å². The van der Waals surface area contributed by atoms with Crippen LogP contribution in [0.25, 0.3) is 11.5 Å². The molecule has 1 unspecified atom stereocenters. The summed E-state index contributed by atoms with van der Waals surface area (Å²) < 4.78 is 45.6. The summed E-state index contributed by atoms with van der Waals surface area (Å²) in [5.41, 5.74) is 1.60. The highest BCUT2D eigenvalue weighted by atomic mass is 19.4. The number of rotatable bonds is 4. The Morgan fingerprint density at radius 3 is 2.67 bits per heavy atom. The van der Waals surface area contributed by atoms with Gasteiger partial charge in [0, 0.05) is 19.1 Å². The Kier molecular flexibility index (Phi) is 4.57. The predicted molar refractivity (Wildman–Crippen MR) is 94.0 cm³/mol. The van der Waals surface area contributed by atoms with Crippen molar-refractivity contribution in [3.8, 4) is 11.5 Å². The number of alkyl halides is 3. The number of nitrogens with zero attached hydrogens (tertiary/aromatic N) is 2. The molecule has 2 N–H and O–H groups in total. The molecule has 3 heterocycles. The van der Waals surface area contributed by atoms with Crippen molar-refractivity contribution in [1.29, 1.82) is 0 Å². The van der Waals surface area contributed by atoms with Gasteiger partial charge in [-0.15, -0.1) is 10.2 Å². The lowest BCUT2D eigenvalue weighted by Gasteiger charge is -2.26. The molecule has 4 rings (SSSR count). The highest BCUT2D eigenvalue weighted by molar-refractivity contribution is 5.57. The summed E-state index contributed by atoms with van der Waals surface area (Å²) in [5.74, 6) is -0.0384. The number of fused-ring (bicyclic) bond motifs is 1. The maximum atomic E-state index is 13.5. The molecule has 1 atom stereocenters. The van der Waals surface area contributed by atoms with E-state index in [1.165, 1.54) is 17.4 Å². The van der Waals surface area contributed by atoms with Gasteiger partial charge >= 0.3 is 6.18 Å². The first-order chi connectivity index (χ1) is 13.0. The average molecular weight is 374 g/mol. The predicted octanol–water partition coefficient (Wildman–Crippen LogP) is 3.88. The lowest BCUT2D eigenvalue weighted by molar-refractivity contribution is -0.137. The molecule has 3 aromatic rings. The number of nitrogens with one attached hydrogen (secondary N) is 2. The van der Waals surface area contributed by atoms with Crippen molar-refractivity contribution in [2.45, 2.75) is 25.2 Å². The Hall–Kier alpha value is -2.87. The van der Waals surface area contributed by atoms with E-state index >= 15 is 0 Å². The molecule has 0 spiro atoms. The Labute approximate surface area is 153 Å². The van der Waals surface area contributed by atoms with Crippen molar-refractivity contribution >= 4 is 5.82 Å². The van der Waals surface area contributed by atoms with Gasteiger partial charge < -0.3 is 15.1 Å². The molecule has 1 aromatic carbocycles. The summed E-state index contributed by atoms with van der Waals surface area (Å²) in [5, 5.41) is 13.8. The van der Waals surface area contributed by atoms with Gasteiger partial charge in [0.1, 0.15) is 11.3 Å². The number of hydrogen-bond acceptors (Lipinski definition) is 5. The van der Waals surface area contributed by atoms with Gasteiger partial charge in [0.25, 0.3) is 0 Å². The molecule has 140 valence electrons. The second kappa shape index (κ2) is 7.03. The third-order valence-electron chi connectivity index (χ3n) is 4.55. The molecular formula is C19H17F3N4O. The summed E-state index contributed by atoms with van der Waals surface area (Å²) in [6.07, 6.45) is -2.43. The second-order valence-electron chi connectivity index (χ2n) is 6.40. The van der Waals surface area contributed by atoms with Gasteiger partial charge in [-0.3, -0.25) is 0 Å². The summed E-state index contributed by atoms with van der Waals surface area (Å²) in [6, 6.07) is 12.1. The van der Waals surface area contributed by atoms with Crippen molar-refractivity contribution in [3.63, 3.8) is 0 Å². The largest absolute Gasteiger partial charge is 0.463 e. The molecule has 27 heavy (non-hydrogen) atoms. The smallest absolute Gasteiger partial charge is 0.420 e. The average Bonchev–Trinajstić information content (AvgIpc) is 3.20. The fourth-order valence-corrected chi connectivity index (χ4v) is 3.17. The van der Waals surface area contributed by atoms with Crippen molar-refractivity contribution in [1.82, 2.24) is 15.5 Å². The maximum Gasteiger partial charge on any atom is 0.420 e. The second-order valence-corrected chi connectivity index (χ2v) is 6.40. The van der Waals surface area contributed by atoms with Gasteiger partial charge in [0.05, 0.1) is 6.26 Å². The lowest BCUT2D eigenvalue weighted by Crippen LogP contribution is -2.40. The van der Waals surface area contributed by atoms with E-state index in [0.717, 1.165) is 12.5 Å². The van der Waals surface area contributed by atoms with Crippen LogP contribution in [0.5, 0.6) is 0 Å². The first-order valence-electron chi connectivity index (χ1n) is 8.53. The molecular weight excluding hydrogens is 357 g/mol. The third-order valence-corrected chi connectivity index (χ3v) is 4.55. The van der Waals surface area contributed by atoms with Gasteiger partial charge in [0.15, 0.2) is 11.6 Å². The molecule has 0 amide bonds. The van der Waals surface area contributed by atoms with Crippen LogP contribution in [-0.4, -0.2) is 22.8 Å². The van der Waals surface area contributed by atoms with Crippen LogP contribution in [0.3, 0.4) is 0 Å². The zero-order valence-electron chi connectivity index (χ0n) is 14.3. The summed E-state index contributed by atoms with van der Waals surface area (Å²) in [7, 11) is 0. The quantitative estimate of drug-likeness (QED) is 0.726. The van der Waals surface area contributed by atoms with Crippen LogP contribution in [-0.2, 0) is 19.1 Å². The van der Waals surface area contributed by atoms with Crippen LogP contribution in [0.1, 0.15) is 16.7 Å². The summed E-state index contributed by atoms with van der Waals surface area (Å²) in [6.45, 7) is 1.00. The van der Waals surface area contributed by atoms with Crippen molar-refractivity contribution in [2.24, 2.45) is 0 Å². The Morgan fingerprint density at radius 2 is 1.93 bits per heavy atom. The Balaban J connectivity index is 1.52. The SMILES string of the molecule is FC(F)(F)c1cc(-c2ccco2)nnc1NCC1Cc2ccccc2CN1. The lowest BCUT2D eigenvalue weighted by atomic mass is 9.96.